The zero-order valence-electron chi connectivity index (χ0n) is 14.4. The van der Waals surface area contributed by atoms with E-state index < -0.39 is 50.8 Å². The molecule has 15 heteroatoms. The van der Waals surface area contributed by atoms with Crippen molar-refractivity contribution >= 4 is 46.8 Å². The average Bonchev–Trinajstić information content (AvgIpc) is 2.94. The van der Waals surface area contributed by atoms with E-state index in [1.54, 1.807) is 0 Å². The van der Waals surface area contributed by atoms with E-state index in [1.807, 2.05) is 0 Å². The molecule has 1 heterocycles. The van der Waals surface area contributed by atoms with E-state index in [2.05, 4.69) is 0 Å². The standard InChI is InChI=1S/C15H8F7Te.CHF3O3S/c16-13(17,14(18,19)20)15(21,22)23-11-7-3-1-5-9(11)10-6-2-4-8-12(10)23;2-1(3,4)8(5,6)7/h1-8H;(H,5,6,7)/q+1;/p-1. The Morgan fingerprint density at radius 3 is 1.29 bits per heavy atom. The van der Waals surface area contributed by atoms with Crippen LogP contribution in [0.25, 0.3) is 17.6 Å². The molecule has 0 aliphatic heterocycles. The van der Waals surface area contributed by atoms with Crippen molar-refractivity contribution in [3.05, 3.63) is 48.5 Å². The van der Waals surface area contributed by atoms with Crippen LogP contribution in [0.2, 0.25) is 0 Å². The fourth-order valence-electron chi connectivity index (χ4n) is 2.42. The van der Waals surface area contributed by atoms with Crippen molar-refractivity contribution in [1.29, 1.82) is 0 Å². The Labute approximate surface area is 173 Å². The molecular formula is C16H8F10O3STe. The van der Waals surface area contributed by atoms with Crippen molar-refractivity contribution in [1.82, 2.24) is 0 Å². The molecule has 31 heavy (non-hydrogen) atoms. The predicted molar refractivity (Wildman–Crippen MR) is 89.9 cm³/mol. The maximum atomic E-state index is 14.4. The van der Waals surface area contributed by atoms with Gasteiger partial charge in [-0.25, -0.2) is 8.42 Å². The van der Waals surface area contributed by atoms with E-state index >= 15 is 0 Å². The first-order chi connectivity index (χ1) is 13.8. The molecule has 3 nitrogen and oxygen atoms in total. The van der Waals surface area contributed by atoms with Crippen LogP contribution in [0.15, 0.2) is 48.5 Å². The second-order valence-electron chi connectivity index (χ2n) is 5.79. The fraction of sp³-hybridized carbons (Fsp3) is 0.250. The molecule has 0 atom stereocenters. The Bertz CT molecular complexity index is 1140. The van der Waals surface area contributed by atoms with Crippen LogP contribution in [0.5, 0.6) is 0 Å². The van der Waals surface area contributed by atoms with Crippen LogP contribution in [0, 0.1) is 0 Å². The zero-order valence-corrected chi connectivity index (χ0v) is 17.6. The van der Waals surface area contributed by atoms with E-state index in [-0.39, 0.29) is 6.80 Å². The van der Waals surface area contributed by atoms with E-state index in [0.29, 0.717) is 10.8 Å². The van der Waals surface area contributed by atoms with Gasteiger partial charge in [-0.05, 0) is 0 Å². The summed E-state index contributed by atoms with van der Waals surface area (Å²) >= 11 is -4.51. The Kier molecular flexibility index (Phi) is 6.71. The van der Waals surface area contributed by atoms with Crippen molar-refractivity contribution < 1.29 is 56.9 Å². The van der Waals surface area contributed by atoms with Crippen LogP contribution in [0.1, 0.15) is 0 Å². The minimum atomic E-state index is -6.30. The summed E-state index contributed by atoms with van der Waals surface area (Å²) in [5.74, 6) is -6.07. The van der Waals surface area contributed by atoms with Crippen molar-refractivity contribution in [2.75, 3.05) is 0 Å². The summed E-state index contributed by atoms with van der Waals surface area (Å²) < 4.78 is 147. The number of halogens is 10. The topological polar surface area (TPSA) is 57.2 Å². The molecule has 2 aromatic carbocycles. The first kappa shape index (κ1) is 25.7. The second kappa shape index (κ2) is 8.09. The molecule has 3 aromatic rings. The van der Waals surface area contributed by atoms with Crippen molar-refractivity contribution in [2.45, 2.75) is 21.6 Å². The molecule has 0 saturated heterocycles. The third-order valence-corrected chi connectivity index (χ3v) is 11.1. The van der Waals surface area contributed by atoms with Crippen LogP contribution < -0.4 is 0 Å². The summed E-state index contributed by atoms with van der Waals surface area (Å²) in [4.78, 5) is 0. The van der Waals surface area contributed by atoms with Gasteiger partial charge in [0, 0.05) is 0 Å². The summed E-state index contributed by atoms with van der Waals surface area (Å²) in [7, 11) is -6.09. The Morgan fingerprint density at radius 2 is 1.00 bits per heavy atom. The summed E-state index contributed by atoms with van der Waals surface area (Å²) in [5, 5.41) is 0.634. The molecule has 0 fully saturated rings. The SMILES string of the molecule is FC(F)(F)C(F)(F)C(F)(F)[te+]1c2ccccc2c2ccccc21.O=S(=O)([O-])C(F)(F)F. The van der Waals surface area contributed by atoms with Crippen molar-refractivity contribution in [3.63, 3.8) is 0 Å². The minimum absolute atomic E-state index is 0.0637. The van der Waals surface area contributed by atoms with Crippen molar-refractivity contribution in [3.8, 4) is 0 Å². The fourth-order valence-corrected chi connectivity index (χ4v) is 9.23. The Hall–Kier alpha value is -1.56. The summed E-state index contributed by atoms with van der Waals surface area (Å²) in [6.45, 7) is 0. The number of hydrogen-bond acceptors (Lipinski definition) is 3. The number of fused-ring (bicyclic) bond motifs is 3. The summed E-state index contributed by atoms with van der Waals surface area (Å²) in [5.41, 5.74) is -5.65. The number of rotatable bonds is 2. The van der Waals surface area contributed by atoms with E-state index in [9.17, 15) is 43.9 Å². The maximum absolute atomic E-state index is 14.4. The monoisotopic (exact) mass is 600 g/mol. The maximum Gasteiger partial charge on any atom is 0.485 e. The molecule has 0 aliphatic carbocycles. The zero-order chi connectivity index (χ0) is 24.0. The van der Waals surface area contributed by atoms with Gasteiger partial charge >= 0.3 is 137 Å². The Balaban J connectivity index is 0.000000366. The molecule has 0 amide bonds. The number of alkyl halides is 10. The van der Waals surface area contributed by atoms with Gasteiger partial charge in [0.2, 0.25) is 0 Å². The third-order valence-electron chi connectivity index (χ3n) is 3.77. The molecular weight excluding hydrogens is 590 g/mol. The first-order valence-corrected chi connectivity index (χ1v) is 12.5. The quantitative estimate of drug-likeness (QED) is 0.169. The molecule has 172 valence electrons. The van der Waals surface area contributed by atoms with Crippen LogP contribution in [-0.2, 0) is 14.1 Å². The smallest absolute Gasteiger partial charge is 0.485 e. The normalized spacial score (nSPS) is 13.9. The summed E-state index contributed by atoms with van der Waals surface area (Å²) in [6, 6.07) is 11.2. The van der Waals surface area contributed by atoms with E-state index in [0.717, 1.165) is 0 Å². The number of hydrogen-bond donors (Lipinski definition) is 0. The molecule has 3 rings (SSSR count). The molecule has 0 unspecified atom stereocenters. The number of benzene rings is 2. The summed E-state index contributed by atoms with van der Waals surface area (Å²) in [6.07, 6.45) is -6.30. The second-order valence-corrected chi connectivity index (χ2v) is 12.9. The minimum Gasteiger partial charge on any atom is -0.741 e. The van der Waals surface area contributed by atoms with Crippen LogP contribution in [0.3, 0.4) is 0 Å². The van der Waals surface area contributed by atoms with Gasteiger partial charge in [0.15, 0.2) is 10.1 Å². The van der Waals surface area contributed by atoms with Crippen LogP contribution in [-0.4, -0.2) is 49.6 Å². The molecule has 0 N–H and O–H groups in total. The first-order valence-electron chi connectivity index (χ1n) is 7.61. The van der Waals surface area contributed by atoms with Gasteiger partial charge in [-0.1, -0.05) is 0 Å². The van der Waals surface area contributed by atoms with Gasteiger partial charge in [0.25, 0.3) is 0 Å². The van der Waals surface area contributed by atoms with Crippen LogP contribution in [0.4, 0.5) is 43.9 Å². The molecule has 0 saturated carbocycles. The largest absolute Gasteiger partial charge is 0.741 e. The Morgan fingerprint density at radius 1 is 0.677 bits per heavy atom. The van der Waals surface area contributed by atoms with E-state index in [1.165, 1.54) is 48.5 Å². The third kappa shape index (κ3) is 4.64. The molecule has 0 aliphatic rings. The van der Waals surface area contributed by atoms with Gasteiger partial charge in [-0.2, -0.15) is 13.2 Å². The van der Waals surface area contributed by atoms with Crippen molar-refractivity contribution in [2.24, 2.45) is 0 Å². The van der Waals surface area contributed by atoms with E-state index in [4.69, 9.17) is 13.0 Å². The van der Waals surface area contributed by atoms with Crippen LogP contribution >= 0.6 is 0 Å². The average molecular weight is 598 g/mol. The molecule has 0 spiro atoms. The van der Waals surface area contributed by atoms with Gasteiger partial charge in [0.05, 0.1) is 0 Å². The van der Waals surface area contributed by atoms with Gasteiger partial charge in [-0.15, -0.1) is 0 Å². The predicted octanol–water partition coefficient (Wildman–Crippen LogP) is 5.54. The molecule has 0 radical (unpaired) electrons. The molecule has 0 bridgehead atoms. The van der Waals surface area contributed by atoms with Gasteiger partial charge in [-0.3, -0.25) is 0 Å². The van der Waals surface area contributed by atoms with Gasteiger partial charge in [0.1, 0.15) is 0 Å². The molecule has 1 aromatic heterocycles. The van der Waals surface area contributed by atoms with Gasteiger partial charge < -0.3 is 4.55 Å².